The lowest BCUT2D eigenvalue weighted by Crippen LogP contribution is -2.41. The molecule has 1 unspecified atom stereocenters. The molecule has 0 aliphatic carbocycles. The van der Waals surface area contributed by atoms with Gasteiger partial charge in [-0.2, -0.15) is 4.31 Å². The Morgan fingerprint density at radius 1 is 1.07 bits per heavy atom. The number of benzene rings is 1. The Morgan fingerprint density at radius 3 is 2.59 bits per heavy atom. The summed E-state index contributed by atoms with van der Waals surface area (Å²) in [4.78, 5) is 19.1. The van der Waals surface area contributed by atoms with E-state index >= 15 is 0 Å². The molecule has 8 nitrogen and oxygen atoms in total. The molecule has 2 saturated heterocycles. The SMILES string of the molecule is O=C(c1cccnc1OC1CCN(S(=O)(=O)c2ccccc2)C1)N1CCOCC1. The highest BCUT2D eigenvalue weighted by Crippen LogP contribution is 2.25. The maximum absolute atomic E-state index is 12.8. The first-order valence-corrected chi connectivity index (χ1v) is 11.0. The van der Waals surface area contributed by atoms with Crippen molar-refractivity contribution in [3.63, 3.8) is 0 Å². The van der Waals surface area contributed by atoms with Crippen LogP contribution in [0, 0.1) is 0 Å². The predicted molar refractivity (Wildman–Crippen MR) is 105 cm³/mol. The van der Waals surface area contributed by atoms with Crippen LogP contribution in [0.1, 0.15) is 16.8 Å². The van der Waals surface area contributed by atoms with E-state index in [1.54, 1.807) is 53.6 Å². The van der Waals surface area contributed by atoms with Crippen molar-refractivity contribution in [1.29, 1.82) is 0 Å². The number of pyridine rings is 1. The molecule has 0 radical (unpaired) electrons. The van der Waals surface area contributed by atoms with Crippen LogP contribution >= 0.6 is 0 Å². The summed E-state index contributed by atoms with van der Waals surface area (Å²) in [6.45, 7) is 2.66. The van der Waals surface area contributed by atoms with Gasteiger partial charge in [-0.1, -0.05) is 18.2 Å². The third kappa shape index (κ3) is 4.26. The molecule has 9 heteroatoms. The molecule has 1 atom stereocenters. The molecule has 0 spiro atoms. The Balaban J connectivity index is 1.46. The highest BCUT2D eigenvalue weighted by Gasteiger charge is 2.34. The monoisotopic (exact) mass is 417 g/mol. The molecule has 3 heterocycles. The van der Waals surface area contributed by atoms with Crippen LogP contribution in [-0.2, 0) is 14.8 Å². The van der Waals surface area contributed by atoms with Crippen LogP contribution in [0.25, 0.3) is 0 Å². The second kappa shape index (κ2) is 8.48. The van der Waals surface area contributed by atoms with E-state index in [2.05, 4.69) is 4.98 Å². The standard InChI is InChI=1S/C20H23N3O5S/c24-20(22-11-13-27-14-12-22)18-7-4-9-21-19(18)28-16-8-10-23(15-16)29(25,26)17-5-2-1-3-6-17/h1-7,9,16H,8,10-15H2. The number of hydrogen-bond acceptors (Lipinski definition) is 6. The van der Waals surface area contributed by atoms with Gasteiger partial charge in [-0.15, -0.1) is 0 Å². The van der Waals surface area contributed by atoms with Crippen molar-refractivity contribution in [2.24, 2.45) is 0 Å². The van der Waals surface area contributed by atoms with Crippen LogP contribution in [0.2, 0.25) is 0 Å². The Bertz CT molecular complexity index is 961. The Morgan fingerprint density at radius 2 is 1.83 bits per heavy atom. The minimum absolute atomic E-state index is 0.150. The molecule has 2 fully saturated rings. The quantitative estimate of drug-likeness (QED) is 0.731. The average molecular weight is 417 g/mol. The second-order valence-electron chi connectivity index (χ2n) is 6.97. The minimum atomic E-state index is -3.56. The summed E-state index contributed by atoms with van der Waals surface area (Å²) in [5.74, 6) is 0.0936. The third-order valence-electron chi connectivity index (χ3n) is 5.07. The molecule has 2 aliphatic heterocycles. The van der Waals surface area contributed by atoms with Crippen LogP contribution in [0.15, 0.2) is 53.6 Å². The first kappa shape index (κ1) is 19.8. The summed E-state index contributed by atoms with van der Waals surface area (Å²) in [6, 6.07) is 11.7. The normalized spacial score (nSPS) is 20.6. The van der Waals surface area contributed by atoms with Gasteiger partial charge in [0.05, 0.1) is 24.7 Å². The number of morpholine rings is 1. The zero-order valence-corrected chi connectivity index (χ0v) is 16.8. The maximum Gasteiger partial charge on any atom is 0.259 e. The van der Waals surface area contributed by atoms with Gasteiger partial charge in [0.2, 0.25) is 15.9 Å². The number of hydrogen-bond donors (Lipinski definition) is 0. The second-order valence-corrected chi connectivity index (χ2v) is 8.90. The highest BCUT2D eigenvalue weighted by molar-refractivity contribution is 7.89. The summed E-state index contributed by atoms with van der Waals surface area (Å²) in [5, 5.41) is 0. The molecule has 0 saturated carbocycles. The summed E-state index contributed by atoms with van der Waals surface area (Å²) < 4.78 is 38.3. The van der Waals surface area contributed by atoms with Crippen LogP contribution in [0.4, 0.5) is 0 Å². The number of ether oxygens (including phenoxy) is 2. The Labute approximate surface area is 170 Å². The zero-order chi connectivity index (χ0) is 20.3. The molecule has 29 heavy (non-hydrogen) atoms. The summed E-state index contributed by atoms with van der Waals surface area (Å²) in [6.07, 6.45) is 1.74. The van der Waals surface area contributed by atoms with Gasteiger partial charge in [-0.05, 0) is 30.7 Å². The minimum Gasteiger partial charge on any atom is -0.472 e. The fourth-order valence-corrected chi connectivity index (χ4v) is 5.00. The molecule has 154 valence electrons. The van der Waals surface area contributed by atoms with E-state index < -0.39 is 10.0 Å². The molecule has 1 aromatic heterocycles. The van der Waals surface area contributed by atoms with E-state index in [9.17, 15) is 13.2 Å². The first-order chi connectivity index (χ1) is 14.1. The molecule has 0 N–H and O–H groups in total. The van der Waals surface area contributed by atoms with Crippen molar-refractivity contribution in [3.05, 3.63) is 54.2 Å². The van der Waals surface area contributed by atoms with Crippen molar-refractivity contribution in [2.45, 2.75) is 17.4 Å². The lowest BCUT2D eigenvalue weighted by Gasteiger charge is -2.27. The van der Waals surface area contributed by atoms with E-state index in [-0.39, 0.29) is 29.3 Å². The van der Waals surface area contributed by atoms with Gasteiger partial charge >= 0.3 is 0 Å². The average Bonchev–Trinajstić information content (AvgIpc) is 3.24. The van der Waals surface area contributed by atoms with E-state index in [0.717, 1.165) is 0 Å². The summed E-state index contributed by atoms with van der Waals surface area (Å²) in [5.41, 5.74) is 0.388. The molecule has 4 rings (SSSR count). The van der Waals surface area contributed by atoms with Gasteiger partial charge in [0.25, 0.3) is 5.91 Å². The van der Waals surface area contributed by atoms with E-state index in [4.69, 9.17) is 9.47 Å². The van der Waals surface area contributed by atoms with Crippen molar-refractivity contribution in [1.82, 2.24) is 14.2 Å². The topological polar surface area (TPSA) is 89.0 Å². The van der Waals surface area contributed by atoms with E-state index in [0.29, 0.717) is 44.8 Å². The molecule has 1 amide bonds. The van der Waals surface area contributed by atoms with Crippen LogP contribution in [0.5, 0.6) is 5.88 Å². The molecular formula is C20H23N3O5S. The molecule has 2 aromatic rings. The fourth-order valence-electron chi connectivity index (χ4n) is 3.50. The number of aromatic nitrogens is 1. The third-order valence-corrected chi connectivity index (χ3v) is 6.95. The number of carbonyl (C=O) groups is 1. The van der Waals surface area contributed by atoms with Crippen molar-refractivity contribution in [2.75, 3.05) is 39.4 Å². The molecular weight excluding hydrogens is 394 g/mol. The van der Waals surface area contributed by atoms with Crippen LogP contribution < -0.4 is 4.74 Å². The lowest BCUT2D eigenvalue weighted by molar-refractivity contribution is 0.0298. The van der Waals surface area contributed by atoms with Crippen molar-refractivity contribution >= 4 is 15.9 Å². The largest absolute Gasteiger partial charge is 0.472 e. The van der Waals surface area contributed by atoms with Crippen molar-refractivity contribution < 1.29 is 22.7 Å². The first-order valence-electron chi connectivity index (χ1n) is 9.59. The summed E-state index contributed by atoms with van der Waals surface area (Å²) in [7, 11) is -3.56. The molecule has 0 bridgehead atoms. The number of amides is 1. The number of carbonyl (C=O) groups excluding carboxylic acids is 1. The van der Waals surface area contributed by atoms with Crippen LogP contribution in [0.3, 0.4) is 0 Å². The van der Waals surface area contributed by atoms with Gasteiger partial charge in [0.1, 0.15) is 11.7 Å². The van der Waals surface area contributed by atoms with Gasteiger partial charge < -0.3 is 14.4 Å². The van der Waals surface area contributed by atoms with Gasteiger partial charge in [-0.25, -0.2) is 13.4 Å². The smallest absolute Gasteiger partial charge is 0.259 e. The van der Waals surface area contributed by atoms with Crippen molar-refractivity contribution in [3.8, 4) is 5.88 Å². The van der Waals surface area contributed by atoms with Gasteiger partial charge in [0, 0.05) is 25.8 Å². The number of nitrogens with zero attached hydrogens (tertiary/aromatic N) is 3. The van der Waals surface area contributed by atoms with E-state index in [1.807, 2.05) is 0 Å². The van der Waals surface area contributed by atoms with Gasteiger partial charge in [-0.3, -0.25) is 4.79 Å². The van der Waals surface area contributed by atoms with E-state index in [1.165, 1.54) is 4.31 Å². The number of rotatable bonds is 5. The number of sulfonamides is 1. The molecule has 2 aliphatic rings. The molecule has 1 aromatic carbocycles. The Hall–Kier alpha value is -2.49. The Kier molecular flexibility index (Phi) is 5.79. The highest BCUT2D eigenvalue weighted by atomic mass is 32.2. The fraction of sp³-hybridized carbons (Fsp3) is 0.400. The predicted octanol–water partition coefficient (Wildman–Crippen LogP) is 1.40. The zero-order valence-electron chi connectivity index (χ0n) is 15.9. The van der Waals surface area contributed by atoms with Crippen LogP contribution in [-0.4, -0.2) is 74.0 Å². The van der Waals surface area contributed by atoms with Gasteiger partial charge in [0.15, 0.2) is 0 Å². The lowest BCUT2D eigenvalue weighted by atomic mass is 10.2. The summed E-state index contributed by atoms with van der Waals surface area (Å²) >= 11 is 0. The maximum atomic E-state index is 12.8.